The molecule has 0 spiro atoms. The number of allylic oxidation sites excluding steroid dienone is 1. The van der Waals surface area contributed by atoms with Crippen LogP contribution in [0.5, 0.6) is 0 Å². The van der Waals surface area contributed by atoms with Crippen LogP contribution in [0, 0.1) is 0 Å². The van der Waals surface area contributed by atoms with Crippen LogP contribution in [0.25, 0.3) is 0 Å². The lowest BCUT2D eigenvalue weighted by Gasteiger charge is -2.11. The van der Waals surface area contributed by atoms with Gasteiger partial charge in [0.25, 0.3) is 0 Å². The summed E-state index contributed by atoms with van der Waals surface area (Å²) in [4.78, 5) is 4.52. The van der Waals surface area contributed by atoms with Gasteiger partial charge < -0.3 is 4.74 Å². The average Bonchev–Trinajstić information content (AvgIpc) is 2.39. The molecule has 1 unspecified atom stereocenters. The van der Waals surface area contributed by atoms with E-state index >= 15 is 0 Å². The monoisotopic (exact) mass is 291 g/mol. The topological polar surface area (TPSA) is 21.6 Å². The van der Waals surface area contributed by atoms with Crippen LogP contribution in [0.2, 0.25) is 0 Å². The van der Waals surface area contributed by atoms with Crippen molar-refractivity contribution in [3.8, 4) is 0 Å². The third-order valence-corrected chi connectivity index (χ3v) is 3.09. The van der Waals surface area contributed by atoms with Crippen molar-refractivity contribution in [2.24, 2.45) is 4.99 Å². The molecule has 0 saturated carbocycles. The van der Waals surface area contributed by atoms with Crippen LogP contribution in [0.3, 0.4) is 0 Å². The van der Waals surface area contributed by atoms with E-state index in [1.54, 1.807) is 7.11 Å². The molecule has 1 atom stereocenters. The Bertz CT molecular complexity index is 460. The van der Waals surface area contributed by atoms with Crippen molar-refractivity contribution in [3.63, 3.8) is 0 Å². The minimum atomic E-state index is 0.220. The molecule has 1 aromatic rings. The first kappa shape index (κ1) is 12.1. The third kappa shape index (κ3) is 3.56. The summed E-state index contributed by atoms with van der Waals surface area (Å²) in [6.07, 6.45) is 8.89. The Labute approximate surface area is 110 Å². The van der Waals surface area contributed by atoms with Gasteiger partial charge in [-0.05, 0) is 36.3 Å². The Morgan fingerprint density at radius 3 is 2.71 bits per heavy atom. The van der Waals surface area contributed by atoms with Gasteiger partial charge in [0.2, 0.25) is 0 Å². The summed E-state index contributed by atoms with van der Waals surface area (Å²) in [7, 11) is 1.68. The van der Waals surface area contributed by atoms with Gasteiger partial charge in [0.15, 0.2) is 0 Å². The average molecular weight is 292 g/mol. The Hall–Kier alpha value is -1.35. The molecule has 0 aliphatic heterocycles. The Balaban J connectivity index is 1.97. The molecule has 0 bridgehead atoms. The van der Waals surface area contributed by atoms with E-state index in [0.717, 1.165) is 22.2 Å². The molecule has 0 N–H and O–H groups in total. The highest BCUT2D eigenvalue weighted by molar-refractivity contribution is 9.10. The fourth-order valence-electron chi connectivity index (χ4n) is 1.58. The lowest BCUT2D eigenvalue weighted by molar-refractivity contribution is 0.303. The minimum Gasteiger partial charge on any atom is -0.497 e. The van der Waals surface area contributed by atoms with E-state index in [9.17, 15) is 0 Å². The number of nitrogens with zero attached hydrogens (tertiary/aromatic N) is 1. The van der Waals surface area contributed by atoms with Crippen LogP contribution < -0.4 is 0 Å². The first-order valence-corrected chi connectivity index (χ1v) is 6.28. The van der Waals surface area contributed by atoms with E-state index in [1.807, 2.05) is 36.6 Å². The van der Waals surface area contributed by atoms with Crippen molar-refractivity contribution in [1.82, 2.24) is 0 Å². The van der Waals surface area contributed by atoms with Crippen LogP contribution in [0.4, 0.5) is 0 Å². The van der Waals surface area contributed by atoms with Gasteiger partial charge in [0.1, 0.15) is 5.76 Å². The number of ether oxygens (including phenoxy) is 1. The quantitative estimate of drug-likeness (QED) is 0.778. The summed E-state index contributed by atoms with van der Waals surface area (Å²) < 4.78 is 6.22. The molecule has 17 heavy (non-hydrogen) atoms. The Kier molecular flexibility index (Phi) is 4.15. The number of rotatable bonds is 3. The fourth-order valence-corrected chi connectivity index (χ4v) is 1.85. The molecular formula is C14H14BrNO. The Morgan fingerprint density at radius 1 is 1.35 bits per heavy atom. The highest BCUT2D eigenvalue weighted by atomic mass is 79.9. The zero-order valence-corrected chi connectivity index (χ0v) is 11.2. The largest absolute Gasteiger partial charge is 0.497 e. The predicted octanol–water partition coefficient (Wildman–Crippen LogP) is 3.73. The van der Waals surface area contributed by atoms with Gasteiger partial charge in [-0.2, -0.15) is 0 Å². The highest BCUT2D eigenvalue weighted by Gasteiger charge is 2.05. The number of hydrogen-bond acceptors (Lipinski definition) is 2. The van der Waals surface area contributed by atoms with E-state index < -0.39 is 0 Å². The van der Waals surface area contributed by atoms with Crippen molar-refractivity contribution >= 4 is 22.1 Å². The molecule has 0 aromatic heterocycles. The fraction of sp³-hybridized carbons (Fsp3) is 0.214. The van der Waals surface area contributed by atoms with Gasteiger partial charge in [-0.15, -0.1) is 0 Å². The first-order valence-electron chi connectivity index (χ1n) is 5.49. The first-order chi connectivity index (χ1) is 8.28. The van der Waals surface area contributed by atoms with E-state index in [-0.39, 0.29) is 6.04 Å². The van der Waals surface area contributed by atoms with Gasteiger partial charge in [0, 0.05) is 10.7 Å². The second-order valence-corrected chi connectivity index (χ2v) is 4.72. The third-order valence-electron chi connectivity index (χ3n) is 2.56. The molecule has 1 aromatic carbocycles. The van der Waals surface area contributed by atoms with Gasteiger partial charge in [-0.1, -0.05) is 34.1 Å². The molecule has 0 fully saturated rings. The van der Waals surface area contributed by atoms with E-state index in [4.69, 9.17) is 4.74 Å². The summed E-state index contributed by atoms with van der Waals surface area (Å²) >= 11 is 3.41. The van der Waals surface area contributed by atoms with Gasteiger partial charge in [-0.25, -0.2) is 0 Å². The number of halogens is 1. The zero-order chi connectivity index (χ0) is 12.1. The van der Waals surface area contributed by atoms with E-state index in [0.29, 0.717) is 0 Å². The van der Waals surface area contributed by atoms with Gasteiger partial charge in [-0.3, -0.25) is 4.99 Å². The number of methoxy groups -OCH3 is 1. The molecule has 88 valence electrons. The lowest BCUT2D eigenvalue weighted by atomic mass is 10.1. The van der Waals surface area contributed by atoms with Crippen LogP contribution in [0.1, 0.15) is 12.0 Å². The molecule has 0 heterocycles. The van der Waals surface area contributed by atoms with Crippen molar-refractivity contribution < 1.29 is 4.74 Å². The number of benzene rings is 1. The second-order valence-electron chi connectivity index (χ2n) is 3.80. The van der Waals surface area contributed by atoms with Crippen LogP contribution in [-0.4, -0.2) is 19.4 Å². The van der Waals surface area contributed by atoms with Gasteiger partial charge in [0.05, 0.1) is 13.2 Å². The molecule has 1 aliphatic carbocycles. The molecule has 0 saturated heterocycles. The van der Waals surface area contributed by atoms with Crippen LogP contribution in [0.15, 0.2) is 57.7 Å². The molecule has 0 amide bonds. The zero-order valence-electron chi connectivity index (χ0n) is 9.64. The summed E-state index contributed by atoms with van der Waals surface area (Å²) in [5, 5.41) is 0. The van der Waals surface area contributed by atoms with E-state index in [2.05, 4.69) is 33.1 Å². The normalized spacial score (nSPS) is 19.4. The lowest BCUT2D eigenvalue weighted by Crippen LogP contribution is -2.04. The predicted molar refractivity (Wildman–Crippen MR) is 74.4 cm³/mol. The molecule has 3 heteroatoms. The van der Waals surface area contributed by atoms with Crippen LogP contribution in [-0.2, 0) is 4.74 Å². The number of hydrogen-bond donors (Lipinski definition) is 0. The summed E-state index contributed by atoms with van der Waals surface area (Å²) in [5.41, 5.74) is 1.11. The molecule has 2 nitrogen and oxygen atoms in total. The second kappa shape index (κ2) is 5.82. The maximum atomic E-state index is 5.13. The summed E-state index contributed by atoms with van der Waals surface area (Å²) in [6.45, 7) is 0. The SMILES string of the molecule is COC1=CCC(N=Cc2ccc(Br)cc2)C=C1. The maximum absolute atomic E-state index is 5.13. The standard InChI is InChI=1S/C14H14BrNO/c1-17-14-8-6-13(7-9-14)16-10-11-2-4-12(15)5-3-11/h2-6,8-10,13H,7H2,1H3. The molecule has 1 aliphatic rings. The highest BCUT2D eigenvalue weighted by Crippen LogP contribution is 2.14. The van der Waals surface area contributed by atoms with Gasteiger partial charge >= 0.3 is 0 Å². The molecule has 2 rings (SSSR count). The van der Waals surface area contributed by atoms with Crippen LogP contribution >= 0.6 is 15.9 Å². The maximum Gasteiger partial charge on any atom is 0.114 e. The van der Waals surface area contributed by atoms with Crippen molar-refractivity contribution in [2.45, 2.75) is 12.5 Å². The van der Waals surface area contributed by atoms with Crippen molar-refractivity contribution in [3.05, 3.63) is 58.3 Å². The minimum absolute atomic E-state index is 0.220. The smallest absolute Gasteiger partial charge is 0.114 e. The molecular weight excluding hydrogens is 278 g/mol. The van der Waals surface area contributed by atoms with Crippen molar-refractivity contribution in [1.29, 1.82) is 0 Å². The summed E-state index contributed by atoms with van der Waals surface area (Å²) in [5.74, 6) is 0.917. The van der Waals surface area contributed by atoms with Crippen molar-refractivity contribution in [2.75, 3.05) is 7.11 Å². The Morgan fingerprint density at radius 2 is 2.12 bits per heavy atom. The molecule has 0 radical (unpaired) electrons. The number of aliphatic imine (C=N–C) groups is 1. The van der Waals surface area contributed by atoms with E-state index in [1.165, 1.54) is 0 Å². The summed E-state index contributed by atoms with van der Waals surface area (Å²) in [6, 6.07) is 8.33.